The molecule has 0 atom stereocenters. The number of benzene rings is 1. The third-order valence-corrected chi connectivity index (χ3v) is 7.22. The van der Waals surface area contributed by atoms with Gasteiger partial charge in [0.05, 0.1) is 26.5 Å². The van der Waals surface area contributed by atoms with E-state index in [0.717, 1.165) is 75.6 Å². The summed E-state index contributed by atoms with van der Waals surface area (Å²) < 4.78 is 10.9. The van der Waals surface area contributed by atoms with Gasteiger partial charge in [0.1, 0.15) is 11.5 Å². The molecular weight excluding hydrogens is 392 g/mol. The zero-order chi connectivity index (χ0) is 21.6. The number of ether oxygens (including phenoxy) is 2. The largest absolute Gasteiger partial charge is 0.497 e. The van der Waals surface area contributed by atoms with Gasteiger partial charge in [-0.3, -0.25) is 14.6 Å². The van der Waals surface area contributed by atoms with Crippen molar-refractivity contribution in [1.29, 1.82) is 0 Å². The number of carbonyl (C=O) groups is 1. The molecule has 2 saturated heterocycles. The average Bonchev–Trinajstić information content (AvgIpc) is 2.84. The molecule has 1 amide bonds. The first kappa shape index (κ1) is 22.2. The van der Waals surface area contributed by atoms with Crippen molar-refractivity contribution in [3.63, 3.8) is 0 Å². The second kappa shape index (κ2) is 10.6. The Morgan fingerprint density at radius 2 is 1.61 bits per heavy atom. The Labute approximate surface area is 186 Å². The number of nitrogens with zero attached hydrogens (tertiary/aromatic N) is 4. The summed E-state index contributed by atoms with van der Waals surface area (Å²) in [6, 6.07) is 6.72. The number of piperazine rings is 2. The van der Waals surface area contributed by atoms with Crippen LogP contribution < -0.4 is 14.4 Å². The summed E-state index contributed by atoms with van der Waals surface area (Å²) in [4.78, 5) is 22.2. The Balaban J connectivity index is 1.22. The van der Waals surface area contributed by atoms with Gasteiger partial charge < -0.3 is 19.3 Å². The van der Waals surface area contributed by atoms with Crippen molar-refractivity contribution < 1.29 is 14.3 Å². The number of methoxy groups -OCH3 is 2. The molecule has 3 fully saturated rings. The topological polar surface area (TPSA) is 48.5 Å². The number of amides is 1. The number of rotatable bonds is 6. The van der Waals surface area contributed by atoms with Gasteiger partial charge in [-0.15, -0.1) is 0 Å². The van der Waals surface area contributed by atoms with Crippen LogP contribution in [0, 0.1) is 0 Å². The summed E-state index contributed by atoms with van der Waals surface area (Å²) in [5, 5.41) is 0. The Morgan fingerprint density at radius 3 is 2.26 bits per heavy atom. The summed E-state index contributed by atoms with van der Waals surface area (Å²) in [7, 11) is 3.36. The van der Waals surface area contributed by atoms with E-state index in [9.17, 15) is 4.79 Å². The Morgan fingerprint density at radius 1 is 0.903 bits per heavy atom. The van der Waals surface area contributed by atoms with Gasteiger partial charge in [-0.2, -0.15) is 0 Å². The van der Waals surface area contributed by atoms with E-state index in [1.807, 2.05) is 12.1 Å². The first-order valence-corrected chi connectivity index (χ1v) is 11.9. The van der Waals surface area contributed by atoms with Crippen LogP contribution in [0.2, 0.25) is 0 Å². The molecule has 31 heavy (non-hydrogen) atoms. The number of anilines is 1. The van der Waals surface area contributed by atoms with Crippen LogP contribution in [-0.4, -0.2) is 99.8 Å². The van der Waals surface area contributed by atoms with Crippen LogP contribution in [0.4, 0.5) is 5.69 Å². The van der Waals surface area contributed by atoms with Crippen LogP contribution in [0.15, 0.2) is 18.2 Å². The van der Waals surface area contributed by atoms with Gasteiger partial charge in [-0.1, -0.05) is 19.3 Å². The van der Waals surface area contributed by atoms with Crippen molar-refractivity contribution in [3.8, 4) is 11.5 Å². The van der Waals surface area contributed by atoms with Crippen LogP contribution in [0.25, 0.3) is 0 Å². The minimum absolute atomic E-state index is 0.291. The molecule has 1 aromatic carbocycles. The van der Waals surface area contributed by atoms with Crippen molar-refractivity contribution in [2.24, 2.45) is 0 Å². The van der Waals surface area contributed by atoms with E-state index in [0.29, 0.717) is 12.5 Å². The van der Waals surface area contributed by atoms with Crippen LogP contribution in [0.3, 0.4) is 0 Å². The van der Waals surface area contributed by atoms with Crippen molar-refractivity contribution in [2.75, 3.05) is 78.0 Å². The lowest BCUT2D eigenvalue weighted by atomic mass is 9.94. The average molecular weight is 431 g/mol. The first-order chi connectivity index (χ1) is 15.2. The van der Waals surface area contributed by atoms with E-state index in [1.54, 1.807) is 14.2 Å². The smallest absolute Gasteiger partial charge is 0.236 e. The Hall–Kier alpha value is -1.99. The molecule has 1 aromatic rings. The highest BCUT2D eigenvalue weighted by Gasteiger charge is 2.28. The van der Waals surface area contributed by atoms with Gasteiger partial charge in [0, 0.05) is 64.5 Å². The molecule has 0 N–H and O–H groups in total. The fourth-order valence-electron chi connectivity index (χ4n) is 5.27. The van der Waals surface area contributed by atoms with Gasteiger partial charge in [0.25, 0.3) is 0 Å². The summed E-state index contributed by atoms with van der Waals surface area (Å²) in [5.74, 6) is 1.92. The Bertz CT molecular complexity index is 722. The maximum Gasteiger partial charge on any atom is 0.236 e. The Kier molecular flexibility index (Phi) is 7.56. The molecular formula is C24H38N4O3. The van der Waals surface area contributed by atoms with E-state index in [4.69, 9.17) is 9.47 Å². The highest BCUT2D eigenvalue weighted by atomic mass is 16.5. The van der Waals surface area contributed by atoms with E-state index in [1.165, 1.54) is 32.1 Å². The van der Waals surface area contributed by atoms with E-state index in [-0.39, 0.29) is 0 Å². The third-order valence-electron chi connectivity index (χ3n) is 7.22. The predicted molar refractivity (Wildman–Crippen MR) is 123 cm³/mol. The van der Waals surface area contributed by atoms with Crippen molar-refractivity contribution >= 4 is 11.6 Å². The molecule has 7 nitrogen and oxygen atoms in total. The molecule has 3 aliphatic rings. The molecule has 0 aromatic heterocycles. The fourth-order valence-corrected chi connectivity index (χ4v) is 5.27. The van der Waals surface area contributed by atoms with Crippen LogP contribution >= 0.6 is 0 Å². The lowest BCUT2D eigenvalue weighted by Gasteiger charge is -2.42. The van der Waals surface area contributed by atoms with E-state index < -0.39 is 0 Å². The summed E-state index contributed by atoms with van der Waals surface area (Å²) in [5.41, 5.74) is 1.09. The number of carbonyl (C=O) groups excluding carboxylic acids is 1. The standard InChI is InChI=1S/C24H38N4O3/c1-30-21-8-9-22(23(18-21)31-2)27-12-10-25(11-13-27)19-24(29)28-16-14-26(15-17-28)20-6-4-3-5-7-20/h8-9,18,20H,3-7,10-17,19H2,1-2H3. The lowest BCUT2D eigenvalue weighted by Crippen LogP contribution is -2.55. The maximum absolute atomic E-state index is 12.9. The number of hydrogen-bond donors (Lipinski definition) is 0. The maximum atomic E-state index is 12.9. The van der Waals surface area contributed by atoms with Gasteiger partial charge in [0.15, 0.2) is 0 Å². The van der Waals surface area contributed by atoms with Crippen molar-refractivity contribution in [3.05, 3.63) is 18.2 Å². The summed E-state index contributed by atoms with van der Waals surface area (Å²) >= 11 is 0. The molecule has 1 aliphatic carbocycles. The minimum Gasteiger partial charge on any atom is -0.497 e. The lowest BCUT2D eigenvalue weighted by molar-refractivity contribution is -0.134. The first-order valence-electron chi connectivity index (χ1n) is 11.9. The molecule has 0 radical (unpaired) electrons. The van der Waals surface area contributed by atoms with E-state index >= 15 is 0 Å². The normalized spacial score (nSPS) is 21.9. The summed E-state index contributed by atoms with van der Waals surface area (Å²) in [6.45, 7) is 7.97. The highest BCUT2D eigenvalue weighted by molar-refractivity contribution is 5.78. The predicted octanol–water partition coefficient (Wildman–Crippen LogP) is 2.30. The van der Waals surface area contributed by atoms with Crippen LogP contribution in [0.5, 0.6) is 11.5 Å². The zero-order valence-corrected chi connectivity index (χ0v) is 19.2. The fraction of sp³-hybridized carbons (Fsp3) is 0.708. The van der Waals surface area contributed by atoms with Crippen LogP contribution in [-0.2, 0) is 4.79 Å². The molecule has 0 unspecified atom stereocenters. The van der Waals surface area contributed by atoms with Gasteiger partial charge in [-0.25, -0.2) is 0 Å². The van der Waals surface area contributed by atoms with Gasteiger partial charge in [0.2, 0.25) is 5.91 Å². The quantitative estimate of drug-likeness (QED) is 0.690. The monoisotopic (exact) mass is 430 g/mol. The molecule has 4 rings (SSSR count). The van der Waals surface area contributed by atoms with Gasteiger partial charge >= 0.3 is 0 Å². The van der Waals surface area contributed by atoms with Crippen molar-refractivity contribution in [2.45, 2.75) is 38.1 Å². The molecule has 7 heteroatoms. The highest BCUT2D eigenvalue weighted by Crippen LogP contribution is 2.32. The van der Waals surface area contributed by atoms with Gasteiger partial charge in [-0.05, 0) is 25.0 Å². The molecule has 172 valence electrons. The minimum atomic E-state index is 0.291. The van der Waals surface area contributed by atoms with Crippen LogP contribution in [0.1, 0.15) is 32.1 Å². The summed E-state index contributed by atoms with van der Waals surface area (Å²) in [6.07, 6.45) is 6.83. The molecule has 2 heterocycles. The zero-order valence-electron chi connectivity index (χ0n) is 19.2. The molecule has 0 bridgehead atoms. The molecule has 1 saturated carbocycles. The SMILES string of the molecule is COc1ccc(N2CCN(CC(=O)N3CCN(C4CCCCC4)CC3)CC2)c(OC)c1. The second-order valence-corrected chi connectivity index (χ2v) is 9.01. The van der Waals surface area contributed by atoms with E-state index in [2.05, 4.69) is 25.7 Å². The molecule has 2 aliphatic heterocycles. The second-order valence-electron chi connectivity index (χ2n) is 9.01. The number of hydrogen-bond acceptors (Lipinski definition) is 6. The van der Waals surface area contributed by atoms with Crippen molar-refractivity contribution in [1.82, 2.24) is 14.7 Å². The third kappa shape index (κ3) is 5.44. The molecule has 0 spiro atoms.